The molecular weight excluding hydrogens is 348 g/mol. The highest BCUT2D eigenvalue weighted by atomic mass is 16.5. The van der Waals surface area contributed by atoms with Crippen molar-refractivity contribution >= 4 is 23.4 Å². The predicted molar refractivity (Wildman–Crippen MR) is 98.6 cm³/mol. The zero-order chi connectivity index (χ0) is 19.4. The normalized spacial score (nSPS) is 25.7. The van der Waals surface area contributed by atoms with Crippen molar-refractivity contribution in [2.24, 2.45) is 5.73 Å². The molecule has 0 aliphatic carbocycles. The van der Waals surface area contributed by atoms with E-state index in [2.05, 4.69) is 0 Å². The molecule has 2 heterocycles. The quantitative estimate of drug-likeness (QED) is 0.454. The smallest absolute Gasteiger partial charge is 0.292 e. The Labute approximate surface area is 158 Å². The van der Waals surface area contributed by atoms with Gasteiger partial charge in [0.2, 0.25) is 5.91 Å². The van der Waals surface area contributed by atoms with Gasteiger partial charge in [0.15, 0.2) is 12.6 Å². The van der Waals surface area contributed by atoms with E-state index in [4.69, 9.17) is 10.5 Å². The third-order valence-corrected chi connectivity index (χ3v) is 5.23. The molecule has 2 aliphatic heterocycles. The van der Waals surface area contributed by atoms with E-state index in [1.165, 1.54) is 4.90 Å². The van der Waals surface area contributed by atoms with Crippen LogP contribution in [0.4, 0.5) is 5.69 Å². The largest absolute Gasteiger partial charge is 0.494 e. The second-order valence-corrected chi connectivity index (χ2v) is 7.22. The number of amides is 3. The molecule has 0 unspecified atom stereocenters. The lowest BCUT2D eigenvalue weighted by Gasteiger charge is -2.31. The maximum absolute atomic E-state index is 12.9. The Morgan fingerprint density at radius 3 is 2.44 bits per heavy atom. The van der Waals surface area contributed by atoms with Crippen molar-refractivity contribution in [1.29, 1.82) is 0 Å². The van der Waals surface area contributed by atoms with Crippen molar-refractivity contribution in [3.05, 3.63) is 24.3 Å². The summed E-state index contributed by atoms with van der Waals surface area (Å²) in [6.45, 7) is 6.06. The van der Waals surface area contributed by atoms with Crippen LogP contribution in [0.5, 0.6) is 5.75 Å². The summed E-state index contributed by atoms with van der Waals surface area (Å²) in [5.74, 6) is 0.121. The van der Waals surface area contributed by atoms with Crippen molar-refractivity contribution in [1.82, 2.24) is 0 Å². The van der Waals surface area contributed by atoms with Crippen molar-refractivity contribution in [3.8, 4) is 5.75 Å². The molecule has 1 atom stereocenters. The van der Waals surface area contributed by atoms with E-state index < -0.39 is 0 Å². The minimum atomic E-state index is -0.344. The summed E-state index contributed by atoms with van der Waals surface area (Å²) in [6, 6.07) is 6.75. The van der Waals surface area contributed by atoms with E-state index in [1.807, 2.05) is 6.92 Å². The van der Waals surface area contributed by atoms with Crippen LogP contribution in [0.3, 0.4) is 0 Å². The number of quaternary nitrogens is 2. The third-order valence-electron chi connectivity index (χ3n) is 5.23. The van der Waals surface area contributed by atoms with Gasteiger partial charge < -0.3 is 20.3 Å². The molecule has 27 heavy (non-hydrogen) atoms. The van der Waals surface area contributed by atoms with Gasteiger partial charge in [0.1, 0.15) is 31.9 Å². The van der Waals surface area contributed by atoms with E-state index in [9.17, 15) is 14.4 Å². The number of primary amides is 1. The Hall–Kier alpha value is -2.45. The van der Waals surface area contributed by atoms with Gasteiger partial charge >= 0.3 is 0 Å². The monoisotopic (exact) mass is 376 g/mol. The van der Waals surface area contributed by atoms with Crippen LogP contribution in [0, 0.1) is 0 Å². The number of anilines is 1. The van der Waals surface area contributed by atoms with Crippen LogP contribution in [0.25, 0.3) is 0 Å². The molecule has 1 aromatic rings. The molecule has 0 spiro atoms. The van der Waals surface area contributed by atoms with Crippen molar-refractivity contribution in [3.63, 3.8) is 0 Å². The van der Waals surface area contributed by atoms with Crippen LogP contribution in [0.1, 0.15) is 19.8 Å². The maximum atomic E-state index is 12.9. The van der Waals surface area contributed by atoms with Gasteiger partial charge in [0.05, 0.1) is 18.7 Å². The van der Waals surface area contributed by atoms with Gasteiger partial charge in [-0.1, -0.05) is 6.92 Å². The molecule has 2 aliphatic rings. The second kappa shape index (κ2) is 8.49. The van der Waals surface area contributed by atoms with Gasteiger partial charge in [0, 0.05) is 0 Å². The number of benzene rings is 1. The summed E-state index contributed by atoms with van der Waals surface area (Å²) >= 11 is 0. The Morgan fingerprint density at radius 1 is 1.19 bits per heavy atom. The maximum Gasteiger partial charge on any atom is 0.292 e. The number of nitrogens with one attached hydrogen (secondary N) is 2. The second-order valence-electron chi connectivity index (χ2n) is 7.22. The van der Waals surface area contributed by atoms with Gasteiger partial charge in [-0.05, 0) is 30.7 Å². The number of nitrogens with two attached hydrogens (primary N) is 1. The standard InChI is InChI=1S/C19H26N4O4/c1-2-11-27-15-5-3-14(4-6-15)23-18(25)12-16(19(23)26)22-9-7-21(8-10-22)13-17(20)24/h3-6,16H,2,7-13H2,1H3,(H2,20,24)/p+2/t16-/m0/s1. The fourth-order valence-corrected chi connectivity index (χ4v) is 3.83. The Kier molecular flexibility index (Phi) is 6.08. The Balaban J connectivity index is 1.62. The van der Waals surface area contributed by atoms with Crippen LogP contribution in [-0.2, 0) is 14.4 Å². The fraction of sp³-hybridized carbons (Fsp3) is 0.526. The summed E-state index contributed by atoms with van der Waals surface area (Å²) < 4.78 is 5.55. The number of rotatable bonds is 7. The molecule has 4 N–H and O–H groups in total. The molecule has 8 nitrogen and oxygen atoms in total. The number of piperazine rings is 1. The molecule has 0 aromatic heterocycles. The van der Waals surface area contributed by atoms with Gasteiger partial charge in [-0.3, -0.25) is 14.4 Å². The van der Waals surface area contributed by atoms with Crippen LogP contribution in [-0.4, -0.2) is 63.1 Å². The molecule has 8 heteroatoms. The molecule has 1 aromatic carbocycles. The molecule has 3 rings (SSSR count). The van der Waals surface area contributed by atoms with E-state index in [1.54, 1.807) is 24.3 Å². The van der Waals surface area contributed by atoms with Crippen molar-refractivity contribution in [2.45, 2.75) is 25.8 Å². The first-order valence-corrected chi connectivity index (χ1v) is 9.55. The van der Waals surface area contributed by atoms with Crippen LogP contribution in [0.15, 0.2) is 24.3 Å². The van der Waals surface area contributed by atoms with Gasteiger partial charge in [-0.15, -0.1) is 0 Å². The molecule has 3 amide bonds. The summed E-state index contributed by atoms with van der Waals surface area (Å²) in [6.07, 6.45) is 1.15. The molecule has 2 fully saturated rings. The van der Waals surface area contributed by atoms with Crippen LogP contribution >= 0.6 is 0 Å². The van der Waals surface area contributed by atoms with Gasteiger partial charge in [-0.2, -0.15) is 0 Å². The van der Waals surface area contributed by atoms with Crippen LogP contribution < -0.4 is 25.2 Å². The lowest BCUT2D eigenvalue weighted by Crippen LogP contribution is -3.30. The lowest BCUT2D eigenvalue weighted by molar-refractivity contribution is -1.02. The van der Waals surface area contributed by atoms with Crippen molar-refractivity contribution in [2.75, 3.05) is 44.2 Å². The molecule has 0 saturated carbocycles. The SMILES string of the molecule is CCCOc1ccc(N2C(=O)C[C@H]([NH+]3CC[NH+](CC(N)=O)CC3)C2=O)cc1. The number of imide groups is 1. The number of nitrogens with zero attached hydrogens (tertiary/aromatic N) is 1. The first-order valence-electron chi connectivity index (χ1n) is 9.55. The van der Waals surface area contributed by atoms with E-state index in [-0.39, 0.29) is 30.2 Å². The molecule has 0 radical (unpaired) electrons. The van der Waals surface area contributed by atoms with E-state index >= 15 is 0 Å². The highest BCUT2D eigenvalue weighted by Crippen LogP contribution is 2.24. The summed E-state index contributed by atoms with van der Waals surface area (Å²) in [5, 5.41) is 0. The van der Waals surface area contributed by atoms with E-state index in [0.29, 0.717) is 18.8 Å². The zero-order valence-electron chi connectivity index (χ0n) is 15.7. The average Bonchev–Trinajstić information content (AvgIpc) is 2.95. The average molecular weight is 376 g/mol. The van der Waals surface area contributed by atoms with Crippen LogP contribution in [0.2, 0.25) is 0 Å². The summed E-state index contributed by atoms with van der Waals surface area (Å²) in [5.41, 5.74) is 5.85. The third kappa shape index (κ3) is 4.45. The van der Waals surface area contributed by atoms with Gasteiger partial charge in [-0.25, -0.2) is 4.90 Å². The number of ether oxygens (including phenoxy) is 1. The minimum Gasteiger partial charge on any atom is -0.494 e. The molecular formula is C19H28N4O4+2. The van der Waals surface area contributed by atoms with Crippen molar-refractivity contribution < 1.29 is 28.9 Å². The fourth-order valence-electron chi connectivity index (χ4n) is 3.83. The minimum absolute atomic E-state index is 0.143. The van der Waals surface area contributed by atoms with E-state index in [0.717, 1.165) is 48.1 Å². The number of carbonyl (C=O) groups excluding carboxylic acids is 3. The number of carbonyl (C=O) groups is 3. The number of hydrogen-bond acceptors (Lipinski definition) is 4. The highest BCUT2D eigenvalue weighted by molar-refractivity contribution is 6.21. The predicted octanol–water partition coefficient (Wildman–Crippen LogP) is -2.62. The topological polar surface area (TPSA) is 98.6 Å². The highest BCUT2D eigenvalue weighted by Gasteiger charge is 2.47. The Morgan fingerprint density at radius 2 is 1.85 bits per heavy atom. The first-order chi connectivity index (χ1) is 13.0. The first kappa shape index (κ1) is 19.3. The summed E-state index contributed by atoms with van der Waals surface area (Å²) in [7, 11) is 0. The zero-order valence-corrected chi connectivity index (χ0v) is 15.7. The lowest BCUT2D eigenvalue weighted by atomic mass is 10.1. The molecule has 146 valence electrons. The Bertz CT molecular complexity index is 698. The van der Waals surface area contributed by atoms with Gasteiger partial charge in [0.25, 0.3) is 11.8 Å². The molecule has 0 bridgehead atoms. The number of hydrogen-bond donors (Lipinski definition) is 3. The molecule has 2 saturated heterocycles. The summed E-state index contributed by atoms with van der Waals surface area (Å²) in [4.78, 5) is 40.0.